The quantitative estimate of drug-likeness (QED) is 0.811. The fourth-order valence-corrected chi connectivity index (χ4v) is 3.35. The van der Waals surface area contributed by atoms with E-state index in [0.717, 1.165) is 5.69 Å². The molecule has 1 aliphatic rings. The fraction of sp³-hybridized carbons (Fsp3) is 0.286. The Labute approximate surface area is 168 Å². The average Bonchev–Trinajstić information content (AvgIpc) is 2.72. The van der Waals surface area contributed by atoms with Crippen LogP contribution in [0.15, 0.2) is 54.6 Å². The van der Waals surface area contributed by atoms with Crippen LogP contribution in [-0.2, 0) is 9.59 Å². The predicted octanol–water partition coefficient (Wildman–Crippen LogP) is 2.95. The third-order valence-corrected chi connectivity index (χ3v) is 4.98. The molecule has 2 N–H and O–H groups in total. The van der Waals surface area contributed by atoms with Crippen LogP contribution in [0.1, 0.15) is 23.2 Å². The highest BCUT2D eigenvalue weighted by molar-refractivity contribution is 6.31. The van der Waals surface area contributed by atoms with Crippen LogP contribution in [0.25, 0.3) is 0 Å². The van der Waals surface area contributed by atoms with E-state index in [9.17, 15) is 14.4 Å². The van der Waals surface area contributed by atoms with E-state index in [0.29, 0.717) is 36.5 Å². The number of hydrogen-bond donors (Lipinski definition) is 2. The molecule has 1 saturated heterocycles. The lowest BCUT2D eigenvalue weighted by molar-refractivity contribution is -0.133. The highest BCUT2D eigenvalue weighted by Crippen LogP contribution is 2.19. The zero-order valence-electron chi connectivity index (χ0n) is 15.4. The molecule has 0 spiro atoms. The maximum absolute atomic E-state index is 12.4. The van der Waals surface area contributed by atoms with Crippen molar-refractivity contribution >= 4 is 35.0 Å². The first-order valence-corrected chi connectivity index (χ1v) is 9.58. The summed E-state index contributed by atoms with van der Waals surface area (Å²) >= 11 is 5.88. The highest BCUT2D eigenvalue weighted by Gasteiger charge is 2.27. The molecule has 1 heterocycles. The summed E-state index contributed by atoms with van der Waals surface area (Å²) in [6.45, 7) is 0.920. The Hall–Kier alpha value is -2.86. The van der Waals surface area contributed by atoms with E-state index in [1.165, 1.54) is 0 Å². The molecule has 2 aromatic rings. The Morgan fingerprint density at radius 1 is 1.00 bits per heavy atom. The second-order valence-corrected chi connectivity index (χ2v) is 7.14. The largest absolute Gasteiger partial charge is 0.343 e. The fourth-order valence-electron chi connectivity index (χ4n) is 3.16. The standard InChI is InChI=1S/C21H22ClN3O3/c22-17-6-4-5-16(13-17)20(27)23-14-19(26)25-11-9-15(10-12-25)21(28)24-18-7-2-1-3-8-18/h1-8,13,15H,9-12,14H2,(H,23,27)(H,24,28). The molecule has 1 fully saturated rings. The number of para-hydroxylation sites is 1. The average molecular weight is 400 g/mol. The van der Waals surface area contributed by atoms with Gasteiger partial charge in [0.25, 0.3) is 5.91 Å². The van der Waals surface area contributed by atoms with Crippen molar-refractivity contribution < 1.29 is 14.4 Å². The number of carbonyl (C=O) groups excluding carboxylic acids is 3. The summed E-state index contributed by atoms with van der Waals surface area (Å²) in [7, 11) is 0. The summed E-state index contributed by atoms with van der Waals surface area (Å²) in [5.41, 5.74) is 1.19. The number of likely N-dealkylation sites (tertiary alicyclic amines) is 1. The Bertz CT molecular complexity index is 849. The van der Waals surface area contributed by atoms with Gasteiger partial charge in [-0.15, -0.1) is 0 Å². The SMILES string of the molecule is O=C(NCC(=O)N1CCC(C(=O)Nc2ccccc2)CC1)c1cccc(Cl)c1. The third-order valence-electron chi connectivity index (χ3n) is 4.75. The van der Waals surface area contributed by atoms with Crippen LogP contribution < -0.4 is 10.6 Å². The maximum Gasteiger partial charge on any atom is 0.251 e. The van der Waals surface area contributed by atoms with Crippen molar-refractivity contribution in [3.8, 4) is 0 Å². The maximum atomic E-state index is 12.4. The number of piperidine rings is 1. The normalized spacial score (nSPS) is 14.4. The number of carbonyl (C=O) groups is 3. The van der Waals surface area contributed by atoms with Crippen LogP contribution in [0.5, 0.6) is 0 Å². The van der Waals surface area contributed by atoms with Gasteiger partial charge in [-0.3, -0.25) is 14.4 Å². The molecular formula is C21H22ClN3O3. The molecule has 3 amide bonds. The van der Waals surface area contributed by atoms with Crippen molar-refractivity contribution in [3.05, 3.63) is 65.2 Å². The van der Waals surface area contributed by atoms with Crippen molar-refractivity contribution in [2.45, 2.75) is 12.8 Å². The molecule has 0 radical (unpaired) electrons. The summed E-state index contributed by atoms with van der Waals surface area (Å²) in [6.07, 6.45) is 1.21. The van der Waals surface area contributed by atoms with Gasteiger partial charge in [-0.2, -0.15) is 0 Å². The van der Waals surface area contributed by atoms with E-state index in [1.807, 2.05) is 30.3 Å². The van der Waals surface area contributed by atoms with Gasteiger partial charge in [0.15, 0.2) is 0 Å². The summed E-state index contributed by atoms with van der Waals surface area (Å²) in [5, 5.41) is 6.00. The highest BCUT2D eigenvalue weighted by atomic mass is 35.5. The van der Waals surface area contributed by atoms with Crippen molar-refractivity contribution in [1.82, 2.24) is 10.2 Å². The summed E-state index contributed by atoms with van der Waals surface area (Å²) in [6, 6.07) is 15.9. The minimum Gasteiger partial charge on any atom is -0.343 e. The zero-order valence-corrected chi connectivity index (χ0v) is 16.1. The van der Waals surface area contributed by atoms with Crippen LogP contribution >= 0.6 is 11.6 Å². The van der Waals surface area contributed by atoms with Crippen LogP contribution in [0.2, 0.25) is 5.02 Å². The summed E-state index contributed by atoms with van der Waals surface area (Å²) in [4.78, 5) is 38.5. The molecule has 6 nitrogen and oxygen atoms in total. The van der Waals surface area contributed by atoms with Crippen molar-refractivity contribution in [3.63, 3.8) is 0 Å². The van der Waals surface area contributed by atoms with Crippen LogP contribution in [0.3, 0.4) is 0 Å². The summed E-state index contributed by atoms with van der Waals surface area (Å²) in [5.74, 6) is -0.636. The minimum atomic E-state index is -0.340. The predicted molar refractivity (Wildman–Crippen MR) is 108 cm³/mol. The van der Waals surface area contributed by atoms with Gasteiger partial charge < -0.3 is 15.5 Å². The Balaban J connectivity index is 1.43. The van der Waals surface area contributed by atoms with Gasteiger partial charge in [0.1, 0.15) is 0 Å². The molecule has 0 bridgehead atoms. The molecule has 7 heteroatoms. The van der Waals surface area contributed by atoms with Gasteiger partial charge in [0, 0.05) is 35.3 Å². The molecule has 3 rings (SSSR count). The first-order chi connectivity index (χ1) is 13.5. The number of amides is 3. The molecule has 1 aliphatic heterocycles. The Morgan fingerprint density at radius 3 is 2.39 bits per heavy atom. The van der Waals surface area contributed by atoms with Crippen molar-refractivity contribution in [2.75, 3.05) is 25.0 Å². The molecular weight excluding hydrogens is 378 g/mol. The van der Waals surface area contributed by atoms with Crippen LogP contribution in [0.4, 0.5) is 5.69 Å². The molecule has 146 valence electrons. The first kappa shape index (κ1) is 19.9. The van der Waals surface area contributed by atoms with E-state index in [4.69, 9.17) is 11.6 Å². The van der Waals surface area contributed by atoms with E-state index in [2.05, 4.69) is 10.6 Å². The topological polar surface area (TPSA) is 78.5 Å². The zero-order chi connectivity index (χ0) is 19.9. The number of rotatable bonds is 5. The number of anilines is 1. The second-order valence-electron chi connectivity index (χ2n) is 6.70. The molecule has 0 saturated carbocycles. The van der Waals surface area contributed by atoms with E-state index in [1.54, 1.807) is 29.2 Å². The van der Waals surface area contributed by atoms with Gasteiger partial charge in [-0.1, -0.05) is 35.9 Å². The number of benzene rings is 2. The number of hydrogen-bond acceptors (Lipinski definition) is 3. The number of nitrogens with one attached hydrogen (secondary N) is 2. The van der Waals surface area contributed by atoms with Crippen LogP contribution in [0, 0.1) is 5.92 Å². The van der Waals surface area contributed by atoms with Crippen molar-refractivity contribution in [2.24, 2.45) is 5.92 Å². The lowest BCUT2D eigenvalue weighted by Gasteiger charge is -2.31. The van der Waals surface area contributed by atoms with Gasteiger partial charge in [-0.25, -0.2) is 0 Å². The number of nitrogens with zero attached hydrogens (tertiary/aromatic N) is 1. The molecule has 0 unspecified atom stereocenters. The monoisotopic (exact) mass is 399 g/mol. The molecule has 28 heavy (non-hydrogen) atoms. The second kappa shape index (κ2) is 9.37. The van der Waals surface area contributed by atoms with Gasteiger partial charge in [0.05, 0.1) is 6.54 Å². The molecule has 0 aliphatic carbocycles. The molecule has 2 aromatic carbocycles. The minimum absolute atomic E-state index is 0.0208. The Kier molecular flexibility index (Phi) is 6.66. The van der Waals surface area contributed by atoms with Gasteiger partial charge >= 0.3 is 0 Å². The van der Waals surface area contributed by atoms with Gasteiger partial charge in [0.2, 0.25) is 11.8 Å². The lowest BCUT2D eigenvalue weighted by atomic mass is 9.95. The Morgan fingerprint density at radius 2 is 1.71 bits per heavy atom. The van der Waals surface area contributed by atoms with Gasteiger partial charge in [-0.05, 0) is 43.2 Å². The summed E-state index contributed by atoms with van der Waals surface area (Å²) < 4.78 is 0. The smallest absolute Gasteiger partial charge is 0.251 e. The lowest BCUT2D eigenvalue weighted by Crippen LogP contribution is -2.45. The van der Waals surface area contributed by atoms with Crippen molar-refractivity contribution in [1.29, 1.82) is 0 Å². The van der Waals surface area contributed by atoms with E-state index in [-0.39, 0.29) is 30.2 Å². The third kappa shape index (κ3) is 5.33. The van der Waals surface area contributed by atoms with E-state index >= 15 is 0 Å². The molecule has 0 aromatic heterocycles. The molecule has 0 atom stereocenters. The first-order valence-electron chi connectivity index (χ1n) is 9.20. The number of halogens is 1. The van der Waals surface area contributed by atoms with E-state index < -0.39 is 0 Å². The van der Waals surface area contributed by atoms with Crippen LogP contribution in [-0.4, -0.2) is 42.3 Å².